The molecule has 0 unspecified atom stereocenters. The van der Waals surface area contributed by atoms with E-state index in [-0.39, 0.29) is 0 Å². The molecule has 0 saturated carbocycles. The number of hydrogen-bond donors (Lipinski definition) is 2. The third kappa shape index (κ3) is 4.43. The van der Waals surface area contributed by atoms with Crippen molar-refractivity contribution in [2.24, 2.45) is 5.92 Å². The van der Waals surface area contributed by atoms with Crippen LogP contribution in [0.4, 0.5) is 5.69 Å². The number of hydrogen-bond acceptors (Lipinski definition) is 5. The van der Waals surface area contributed by atoms with Crippen molar-refractivity contribution in [2.45, 2.75) is 19.4 Å². The average Bonchev–Trinajstić information content (AvgIpc) is 3.31. The minimum Gasteiger partial charge on any atom is -0.388 e. The first-order valence-electron chi connectivity index (χ1n) is 12.1. The maximum atomic E-state index is 9.29. The van der Waals surface area contributed by atoms with Gasteiger partial charge in [-0.25, -0.2) is 0 Å². The number of anilines is 1. The normalized spacial score (nSPS) is 14.7. The molecule has 0 spiro atoms. The Hall–Kier alpha value is -3.95. The van der Waals surface area contributed by atoms with E-state index < -0.39 is 0 Å². The van der Waals surface area contributed by atoms with Gasteiger partial charge in [0, 0.05) is 53.8 Å². The van der Waals surface area contributed by atoms with E-state index in [1.54, 1.807) is 0 Å². The number of fused-ring (bicyclic) bond motifs is 1. The first kappa shape index (κ1) is 22.8. The first-order valence-corrected chi connectivity index (χ1v) is 12.1. The second kappa shape index (κ2) is 9.73. The van der Waals surface area contributed by atoms with Crippen LogP contribution >= 0.6 is 0 Å². The largest absolute Gasteiger partial charge is 0.388 e. The predicted molar refractivity (Wildman–Crippen MR) is 143 cm³/mol. The zero-order valence-corrected chi connectivity index (χ0v) is 20.3. The number of rotatable bonds is 6. The summed E-state index contributed by atoms with van der Waals surface area (Å²) < 4.78 is 2.35. The highest BCUT2D eigenvalue weighted by Gasteiger charge is 2.20. The van der Waals surface area contributed by atoms with Crippen molar-refractivity contribution in [1.29, 1.82) is 10.7 Å². The third-order valence-corrected chi connectivity index (χ3v) is 7.17. The summed E-state index contributed by atoms with van der Waals surface area (Å²) in [4.78, 5) is 7.38. The summed E-state index contributed by atoms with van der Waals surface area (Å²) in [6, 6.07) is 18.2. The zero-order chi connectivity index (χ0) is 24.4. The number of nitrogens with one attached hydrogen (secondary N) is 2. The van der Waals surface area contributed by atoms with E-state index in [2.05, 4.69) is 46.2 Å². The minimum atomic E-state index is 0.639. The smallest absolute Gasteiger partial charge is 0.0991 e. The molecule has 0 atom stereocenters. The first-order chi connectivity index (χ1) is 17.1. The van der Waals surface area contributed by atoms with Crippen LogP contribution in [0.15, 0.2) is 60.9 Å². The summed E-state index contributed by atoms with van der Waals surface area (Å²) in [5.74, 6) is 0.670. The number of nitrogens with zero attached hydrogens (tertiary/aromatic N) is 4. The average molecular weight is 463 g/mol. The van der Waals surface area contributed by atoms with Gasteiger partial charge in [0.15, 0.2) is 0 Å². The van der Waals surface area contributed by atoms with Gasteiger partial charge < -0.3 is 20.2 Å². The lowest BCUT2D eigenvalue weighted by Crippen LogP contribution is -2.31. The minimum absolute atomic E-state index is 0.639. The van der Waals surface area contributed by atoms with Crippen LogP contribution in [0.5, 0.6) is 0 Å². The van der Waals surface area contributed by atoms with Gasteiger partial charge >= 0.3 is 0 Å². The number of benzene rings is 2. The van der Waals surface area contributed by atoms with E-state index >= 15 is 0 Å². The molecular formula is C29H30N6. The fourth-order valence-electron chi connectivity index (χ4n) is 5.12. The van der Waals surface area contributed by atoms with Crippen LogP contribution in [0.2, 0.25) is 0 Å². The maximum Gasteiger partial charge on any atom is 0.0991 e. The van der Waals surface area contributed by atoms with Crippen molar-refractivity contribution in [3.8, 4) is 28.5 Å². The van der Waals surface area contributed by atoms with Gasteiger partial charge in [0.2, 0.25) is 0 Å². The SMILES string of the molecule is CNc1ccc(-c2ncc3c(ccn3CC3CCN(C)CC3)c2-c2ccc(C#N)cc2)cc1C=N. The van der Waals surface area contributed by atoms with Gasteiger partial charge in [-0.3, -0.25) is 4.98 Å². The molecular weight excluding hydrogens is 432 g/mol. The molecule has 1 aliphatic heterocycles. The topological polar surface area (TPSA) is 80.7 Å². The Balaban J connectivity index is 1.64. The Morgan fingerprint density at radius 2 is 1.86 bits per heavy atom. The molecule has 0 bridgehead atoms. The summed E-state index contributed by atoms with van der Waals surface area (Å²) in [6.45, 7) is 3.31. The van der Waals surface area contributed by atoms with Crippen LogP contribution in [0.1, 0.15) is 24.0 Å². The van der Waals surface area contributed by atoms with Gasteiger partial charge in [0.05, 0.1) is 29.0 Å². The van der Waals surface area contributed by atoms with Crippen molar-refractivity contribution in [3.05, 3.63) is 72.1 Å². The van der Waals surface area contributed by atoms with Gasteiger partial charge in [-0.05, 0) is 74.8 Å². The van der Waals surface area contributed by atoms with Gasteiger partial charge in [-0.15, -0.1) is 0 Å². The summed E-state index contributed by atoms with van der Waals surface area (Å²) in [5, 5.41) is 21.5. The number of piperidine rings is 1. The molecule has 1 aliphatic rings. The molecule has 0 radical (unpaired) electrons. The Morgan fingerprint density at radius 3 is 2.54 bits per heavy atom. The summed E-state index contributed by atoms with van der Waals surface area (Å²) in [7, 11) is 4.06. The highest BCUT2D eigenvalue weighted by atomic mass is 15.1. The van der Waals surface area contributed by atoms with E-state index in [1.165, 1.54) is 19.1 Å². The van der Waals surface area contributed by atoms with E-state index in [9.17, 15) is 5.26 Å². The lowest BCUT2D eigenvalue weighted by molar-refractivity contribution is 0.206. The van der Waals surface area contributed by atoms with Crippen molar-refractivity contribution in [1.82, 2.24) is 14.5 Å². The molecule has 1 fully saturated rings. The van der Waals surface area contributed by atoms with E-state index in [4.69, 9.17) is 10.4 Å². The lowest BCUT2D eigenvalue weighted by atomic mass is 9.94. The Kier molecular flexibility index (Phi) is 6.35. The molecule has 176 valence electrons. The molecule has 2 aromatic carbocycles. The molecule has 4 aromatic rings. The summed E-state index contributed by atoms with van der Waals surface area (Å²) in [6.07, 6.45) is 7.98. The highest BCUT2D eigenvalue weighted by Crippen LogP contribution is 2.38. The molecule has 35 heavy (non-hydrogen) atoms. The Bertz CT molecular complexity index is 1400. The number of likely N-dealkylation sites (tertiary alicyclic amines) is 1. The van der Waals surface area contributed by atoms with Gasteiger partial charge in [-0.2, -0.15) is 5.26 Å². The fraction of sp³-hybridized carbons (Fsp3) is 0.276. The molecule has 6 heteroatoms. The molecule has 0 aliphatic carbocycles. The van der Waals surface area contributed by atoms with Crippen LogP contribution in [0, 0.1) is 22.7 Å². The van der Waals surface area contributed by atoms with Crippen LogP contribution in [-0.2, 0) is 6.54 Å². The van der Waals surface area contributed by atoms with Crippen molar-refractivity contribution in [2.75, 3.05) is 32.5 Å². The number of nitriles is 1. The number of aromatic nitrogens is 2. The Labute approximate surface area is 206 Å². The molecule has 2 N–H and O–H groups in total. The molecule has 6 nitrogen and oxygen atoms in total. The van der Waals surface area contributed by atoms with Crippen LogP contribution in [0.3, 0.4) is 0 Å². The lowest BCUT2D eigenvalue weighted by Gasteiger charge is -2.29. The van der Waals surface area contributed by atoms with Gasteiger partial charge in [0.1, 0.15) is 0 Å². The second-order valence-electron chi connectivity index (χ2n) is 9.38. The second-order valence-corrected chi connectivity index (χ2v) is 9.38. The molecule has 2 aromatic heterocycles. The van der Waals surface area contributed by atoms with Gasteiger partial charge in [0.25, 0.3) is 0 Å². The third-order valence-electron chi connectivity index (χ3n) is 7.17. The summed E-state index contributed by atoms with van der Waals surface area (Å²) >= 11 is 0. The van der Waals surface area contributed by atoms with Crippen LogP contribution < -0.4 is 5.32 Å². The zero-order valence-electron chi connectivity index (χ0n) is 20.3. The molecule has 0 amide bonds. The molecule has 3 heterocycles. The monoisotopic (exact) mass is 462 g/mol. The van der Waals surface area contributed by atoms with E-state index in [1.807, 2.05) is 49.6 Å². The quantitative estimate of drug-likeness (QED) is 0.364. The number of pyridine rings is 1. The summed E-state index contributed by atoms with van der Waals surface area (Å²) in [5.41, 5.74) is 7.43. The van der Waals surface area contributed by atoms with Crippen LogP contribution in [0.25, 0.3) is 33.3 Å². The highest BCUT2D eigenvalue weighted by molar-refractivity contribution is 6.02. The van der Waals surface area contributed by atoms with E-state index in [0.29, 0.717) is 11.5 Å². The van der Waals surface area contributed by atoms with Crippen molar-refractivity contribution >= 4 is 22.8 Å². The Morgan fingerprint density at radius 1 is 1.11 bits per heavy atom. The maximum absolute atomic E-state index is 9.29. The van der Waals surface area contributed by atoms with E-state index in [0.717, 1.165) is 64.2 Å². The molecule has 1 saturated heterocycles. The standard InChI is InChI=1S/C29H30N6/c1-32-26-8-7-23(15-24(26)17-31)29-28(22-5-3-20(16-30)4-6-22)25-11-14-35(27(25)18-33-29)19-21-9-12-34(2)13-10-21/h3-8,11,14-15,17-18,21,31-32H,9-10,12-13,19H2,1-2H3. The van der Waals surface area contributed by atoms with Crippen molar-refractivity contribution < 1.29 is 0 Å². The van der Waals surface area contributed by atoms with Gasteiger partial charge in [-0.1, -0.05) is 18.2 Å². The predicted octanol–water partition coefficient (Wildman–Crippen LogP) is 5.62. The molecule has 5 rings (SSSR count). The van der Waals surface area contributed by atoms with Crippen molar-refractivity contribution in [3.63, 3.8) is 0 Å². The van der Waals surface area contributed by atoms with Crippen LogP contribution in [-0.4, -0.2) is 47.9 Å². The fourth-order valence-corrected chi connectivity index (χ4v) is 5.12.